The molecule has 6 nitrogen and oxygen atoms in total. The summed E-state index contributed by atoms with van der Waals surface area (Å²) in [7, 11) is 0. The summed E-state index contributed by atoms with van der Waals surface area (Å²) in [6.07, 6.45) is 10.2. The zero-order chi connectivity index (χ0) is 16.1. The van der Waals surface area contributed by atoms with Crippen molar-refractivity contribution in [1.29, 1.82) is 0 Å². The second kappa shape index (κ2) is 5.46. The van der Waals surface area contributed by atoms with Crippen molar-refractivity contribution in [2.45, 2.75) is 50.5 Å². The maximum absolute atomic E-state index is 12.0. The molecule has 0 radical (unpaired) electrons. The van der Waals surface area contributed by atoms with Gasteiger partial charge < -0.3 is 9.80 Å². The van der Waals surface area contributed by atoms with Crippen LogP contribution >= 0.6 is 0 Å². The van der Waals surface area contributed by atoms with E-state index in [-0.39, 0.29) is 0 Å². The number of anilines is 1. The van der Waals surface area contributed by atoms with Gasteiger partial charge in [-0.15, -0.1) is 0 Å². The monoisotopic (exact) mass is 325 g/mol. The van der Waals surface area contributed by atoms with Gasteiger partial charge in [0.2, 0.25) is 5.91 Å². The Hall–Kier alpha value is -2.11. The first-order chi connectivity index (χ1) is 11.8. The summed E-state index contributed by atoms with van der Waals surface area (Å²) in [5.41, 5.74) is 2.33. The van der Waals surface area contributed by atoms with Crippen LogP contribution in [-0.2, 0) is 4.79 Å². The molecule has 2 aliphatic heterocycles. The van der Waals surface area contributed by atoms with E-state index in [0.717, 1.165) is 56.7 Å². The Morgan fingerprint density at radius 1 is 1.08 bits per heavy atom. The molecule has 2 aromatic rings. The highest BCUT2D eigenvalue weighted by Crippen LogP contribution is 2.40. The maximum atomic E-state index is 12.0. The van der Waals surface area contributed by atoms with Gasteiger partial charge in [-0.25, -0.2) is 9.50 Å². The molecule has 0 atom stereocenters. The topological polar surface area (TPSA) is 53.7 Å². The number of carbonyl (C=O) groups excluding carboxylic acids is 1. The van der Waals surface area contributed by atoms with Crippen molar-refractivity contribution >= 4 is 17.2 Å². The molecule has 1 aliphatic carbocycles. The molecule has 3 fully saturated rings. The standard InChI is InChI=1S/C18H23N5O/c24-17-2-1-8-22(17)14-5-9-21(10-6-14)18-16-12-15(13-3-4-13)20-23(16)11-7-19-18/h7,11-14H,1-6,8-10H2. The van der Waals surface area contributed by atoms with Gasteiger partial charge in [-0.3, -0.25) is 4.79 Å². The van der Waals surface area contributed by atoms with Crippen LogP contribution in [-0.4, -0.2) is 51.1 Å². The number of fused-ring (bicyclic) bond motifs is 1. The minimum atomic E-state index is 0.346. The first-order valence-corrected chi connectivity index (χ1v) is 9.18. The summed E-state index contributed by atoms with van der Waals surface area (Å²) in [4.78, 5) is 21.1. The Morgan fingerprint density at radius 2 is 1.92 bits per heavy atom. The van der Waals surface area contributed by atoms with Crippen LogP contribution < -0.4 is 4.90 Å². The maximum Gasteiger partial charge on any atom is 0.222 e. The molecule has 1 saturated carbocycles. The highest BCUT2D eigenvalue weighted by atomic mass is 16.2. The van der Waals surface area contributed by atoms with E-state index in [0.29, 0.717) is 17.9 Å². The van der Waals surface area contributed by atoms with Crippen LogP contribution in [0.15, 0.2) is 18.5 Å². The highest BCUT2D eigenvalue weighted by molar-refractivity contribution is 5.78. The lowest BCUT2D eigenvalue weighted by Gasteiger charge is -2.37. The van der Waals surface area contributed by atoms with Crippen molar-refractivity contribution in [3.05, 3.63) is 24.2 Å². The Bertz CT molecular complexity index is 773. The van der Waals surface area contributed by atoms with E-state index in [1.54, 1.807) is 0 Å². The lowest BCUT2D eigenvalue weighted by molar-refractivity contribution is -0.130. The molecule has 0 N–H and O–H groups in total. The molecule has 2 saturated heterocycles. The number of amides is 1. The molecule has 3 aliphatic rings. The lowest BCUT2D eigenvalue weighted by atomic mass is 10.0. The van der Waals surface area contributed by atoms with E-state index in [2.05, 4.69) is 20.9 Å². The molecule has 1 amide bonds. The summed E-state index contributed by atoms with van der Waals surface area (Å²) in [6.45, 7) is 2.88. The summed E-state index contributed by atoms with van der Waals surface area (Å²) >= 11 is 0. The van der Waals surface area contributed by atoms with Crippen LogP contribution in [0.1, 0.15) is 50.1 Å². The number of aromatic nitrogens is 3. The van der Waals surface area contributed by atoms with E-state index >= 15 is 0 Å². The molecule has 5 rings (SSSR count). The SMILES string of the molecule is O=C1CCCN1C1CCN(c2nccn3nc(C4CC4)cc23)CC1. The number of likely N-dealkylation sites (tertiary alicyclic amines) is 1. The fourth-order valence-electron chi connectivity index (χ4n) is 4.19. The zero-order valence-corrected chi connectivity index (χ0v) is 13.9. The number of hydrogen-bond acceptors (Lipinski definition) is 4. The van der Waals surface area contributed by atoms with E-state index in [9.17, 15) is 4.79 Å². The first-order valence-electron chi connectivity index (χ1n) is 9.18. The number of nitrogens with zero attached hydrogens (tertiary/aromatic N) is 5. The molecule has 126 valence electrons. The van der Waals surface area contributed by atoms with Crippen molar-refractivity contribution in [3.63, 3.8) is 0 Å². The summed E-state index contributed by atoms with van der Waals surface area (Å²) in [5, 5.41) is 4.72. The van der Waals surface area contributed by atoms with E-state index < -0.39 is 0 Å². The van der Waals surface area contributed by atoms with Gasteiger partial charge in [-0.2, -0.15) is 5.10 Å². The Labute approximate surface area is 141 Å². The van der Waals surface area contributed by atoms with Gasteiger partial charge >= 0.3 is 0 Å². The van der Waals surface area contributed by atoms with Crippen molar-refractivity contribution < 1.29 is 4.79 Å². The van der Waals surface area contributed by atoms with Gasteiger partial charge in [0.25, 0.3) is 0 Å². The molecule has 0 bridgehead atoms. The molecule has 24 heavy (non-hydrogen) atoms. The third kappa shape index (κ3) is 2.36. The lowest BCUT2D eigenvalue weighted by Crippen LogP contribution is -2.45. The average Bonchev–Trinajstić information content (AvgIpc) is 3.23. The second-order valence-corrected chi connectivity index (χ2v) is 7.33. The van der Waals surface area contributed by atoms with Crippen LogP contribution in [0.25, 0.3) is 5.52 Å². The highest BCUT2D eigenvalue weighted by Gasteiger charge is 2.32. The van der Waals surface area contributed by atoms with Crippen molar-refractivity contribution in [2.24, 2.45) is 0 Å². The molecule has 6 heteroatoms. The average molecular weight is 325 g/mol. The Balaban J connectivity index is 1.36. The van der Waals surface area contributed by atoms with Crippen molar-refractivity contribution in [1.82, 2.24) is 19.5 Å². The molecule has 0 aromatic carbocycles. The van der Waals surface area contributed by atoms with Crippen molar-refractivity contribution in [2.75, 3.05) is 24.5 Å². The van der Waals surface area contributed by atoms with Crippen LogP contribution in [0.4, 0.5) is 5.82 Å². The number of piperidine rings is 1. The van der Waals surface area contributed by atoms with Crippen LogP contribution in [0.3, 0.4) is 0 Å². The molecular weight excluding hydrogens is 302 g/mol. The fourth-order valence-corrected chi connectivity index (χ4v) is 4.19. The van der Waals surface area contributed by atoms with Gasteiger partial charge in [-0.05, 0) is 38.2 Å². The third-order valence-corrected chi connectivity index (χ3v) is 5.70. The second-order valence-electron chi connectivity index (χ2n) is 7.33. The van der Waals surface area contributed by atoms with Gasteiger partial charge in [-0.1, -0.05) is 0 Å². The molecular formula is C18H23N5O. The normalized spacial score (nSPS) is 22.8. The summed E-state index contributed by atoms with van der Waals surface area (Å²) < 4.78 is 1.98. The molecule has 4 heterocycles. The largest absolute Gasteiger partial charge is 0.355 e. The number of rotatable bonds is 3. The van der Waals surface area contributed by atoms with Crippen LogP contribution in [0.2, 0.25) is 0 Å². The molecule has 0 unspecified atom stereocenters. The third-order valence-electron chi connectivity index (χ3n) is 5.70. The fraction of sp³-hybridized carbons (Fsp3) is 0.611. The van der Waals surface area contributed by atoms with E-state index in [4.69, 9.17) is 5.10 Å². The molecule has 2 aromatic heterocycles. The van der Waals surface area contributed by atoms with Gasteiger partial charge in [0.1, 0.15) is 5.52 Å². The summed E-state index contributed by atoms with van der Waals surface area (Å²) in [6, 6.07) is 2.64. The van der Waals surface area contributed by atoms with Crippen molar-refractivity contribution in [3.8, 4) is 0 Å². The number of hydrogen-bond donors (Lipinski definition) is 0. The first kappa shape index (κ1) is 14.3. The zero-order valence-electron chi connectivity index (χ0n) is 13.9. The number of carbonyl (C=O) groups is 1. The predicted octanol–water partition coefficient (Wildman–Crippen LogP) is 2.20. The minimum absolute atomic E-state index is 0.346. The Morgan fingerprint density at radius 3 is 2.62 bits per heavy atom. The van der Waals surface area contributed by atoms with Gasteiger partial charge in [0.15, 0.2) is 5.82 Å². The van der Waals surface area contributed by atoms with Gasteiger partial charge in [0.05, 0.1) is 5.69 Å². The predicted molar refractivity (Wildman–Crippen MR) is 91.1 cm³/mol. The van der Waals surface area contributed by atoms with Crippen LogP contribution in [0.5, 0.6) is 0 Å². The quantitative estimate of drug-likeness (QED) is 0.868. The van der Waals surface area contributed by atoms with E-state index in [1.165, 1.54) is 18.5 Å². The van der Waals surface area contributed by atoms with Crippen LogP contribution in [0, 0.1) is 0 Å². The van der Waals surface area contributed by atoms with Gasteiger partial charge in [0, 0.05) is 50.4 Å². The summed E-state index contributed by atoms with van der Waals surface area (Å²) in [5.74, 6) is 2.05. The molecule has 0 spiro atoms. The minimum Gasteiger partial charge on any atom is -0.355 e. The smallest absolute Gasteiger partial charge is 0.222 e. The Kier molecular flexibility index (Phi) is 3.24. The van der Waals surface area contributed by atoms with E-state index in [1.807, 2.05) is 16.9 Å².